The number of rotatable bonds is 3. The number of hydrogen-bond donors (Lipinski definition) is 1. The minimum atomic E-state index is -0.356. The second-order valence-corrected chi connectivity index (χ2v) is 5.50. The number of nitrogens with zero attached hydrogens (tertiary/aromatic N) is 2. The molecule has 102 valence electrons. The van der Waals surface area contributed by atoms with Crippen LogP contribution in [0.25, 0.3) is 0 Å². The predicted octanol–water partition coefficient (Wildman–Crippen LogP) is 3.59. The van der Waals surface area contributed by atoms with E-state index in [-0.39, 0.29) is 5.41 Å². The maximum Gasteiger partial charge on any atom is 0.0991 e. The summed E-state index contributed by atoms with van der Waals surface area (Å²) in [6, 6.07) is 22.3. The average Bonchev–Trinajstić information content (AvgIpc) is 2.52. The molecular weight excluding hydrogens is 258 g/mol. The number of anilines is 1. The summed E-state index contributed by atoms with van der Waals surface area (Å²) < 4.78 is 0. The van der Waals surface area contributed by atoms with Crippen LogP contribution >= 0.6 is 0 Å². The first-order valence-corrected chi connectivity index (χ1v) is 6.99. The van der Waals surface area contributed by atoms with Crippen molar-refractivity contribution in [2.75, 3.05) is 5.32 Å². The third-order valence-corrected chi connectivity index (χ3v) is 4.11. The quantitative estimate of drug-likeness (QED) is 0.929. The summed E-state index contributed by atoms with van der Waals surface area (Å²) in [6.45, 7) is 0. The lowest BCUT2D eigenvalue weighted by atomic mass is 9.62. The Morgan fingerprint density at radius 3 is 2.19 bits per heavy atom. The highest BCUT2D eigenvalue weighted by atomic mass is 14.9. The van der Waals surface area contributed by atoms with Gasteiger partial charge in [0.1, 0.15) is 0 Å². The van der Waals surface area contributed by atoms with Gasteiger partial charge in [-0.05, 0) is 42.7 Å². The number of nitrogens with one attached hydrogen (secondary N) is 1. The average molecular weight is 273 g/mol. The molecule has 0 aliphatic heterocycles. The topological polar surface area (TPSA) is 59.6 Å². The molecule has 0 unspecified atom stereocenters. The van der Waals surface area contributed by atoms with Gasteiger partial charge in [0.05, 0.1) is 23.1 Å². The van der Waals surface area contributed by atoms with E-state index in [1.807, 2.05) is 42.5 Å². The summed E-state index contributed by atoms with van der Waals surface area (Å²) in [6.07, 6.45) is 1.63. The van der Waals surface area contributed by atoms with Crippen LogP contribution in [-0.4, -0.2) is 6.04 Å². The van der Waals surface area contributed by atoms with Gasteiger partial charge in [0.15, 0.2) is 0 Å². The van der Waals surface area contributed by atoms with Gasteiger partial charge in [-0.3, -0.25) is 0 Å². The third-order valence-electron chi connectivity index (χ3n) is 4.11. The summed E-state index contributed by atoms with van der Waals surface area (Å²) in [7, 11) is 0. The summed E-state index contributed by atoms with van der Waals surface area (Å²) in [5.74, 6) is 0. The third kappa shape index (κ3) is 2.47. The van der Waals surface area contributed by atoms with Gasteiger partial charge in [0, 0.05) is 11.7 Å². The fourth-order valence-corrected chi connectivity index (χ4v) is 2.91. The molecule has 1 aliphatic rings. The van der Waals surface area contributed by atoms with E-state index in [9.17, 15) is 5.26 Å². The van der Waals surface area contributed by atoms with Crippen LogP contribution in [0.15, 0.2) is 54.6 Å². The zero-order valence-electron chi connectivity index (χ0n) is 11.6. The fraction of sp³-hybridized carbons (Fsp3) is 0.222. The number of hydrogen-bond acceptors (Lipinski definition) is 3. The lowest BCUT2D eigenvalue weighted by Gasteiger charge is -2.43. The van der Waals surface area contributed by atoms with E-state index in [4.69, 9.17) is 5.26 Å². The van der Waals surface area contributed by atoms with Gasteiger partial charge in [-0.25, -0.2) is 0 Å². The smallest absolute Gasteiger partial charge is 0.0991 e. The Hall–Kier alpha value is -2.78. The lowest BCUT2D eigenvalue weighted by molar-refractivity contribution is 0.289. The van der Waals surface area contributed by atoms with Crippen molar-refractivity contribution in [1.82, 2.24) is 0 Å². The van der Waals surface area contributed by atoms with Crippen LogP contribution in [0.4, 0.5) is 5.69 Å². The van der Waals surface area contributed by atoms with Crippen molar-refractivity contribution in [3.8, 4) is 12.1 Å². The molecule has 1 saturated carbocycles. The Morgan fingerprint density at radius 1 is 0.952 bits per heavy atom. The van der Waals surface area contributed by atoms with Gasteiger partial charge in [-0.1, -0.05) is 30.3 Å². The fourth-order valence-electron chi connectivity index (χ4n) is 2.91. The highest BCUT2D eigenvalue weighted by Crippen LogP contribution is 2.44. The van der Waals surface area contributed by atoms with Crippen molar-refractivity contribution in [1.29, 1.82) is 10.5 Å². The molecule has 1 aliphatic carbocycles. The molecule has 0 atom stereocenters. The zero-order valence-corrected chi connectivity index (χ0v) is 11.6. The maximum absolute atomic E-state index is 9.53. The Bertz CT molecular complexity index is 699. The highest BCUT2D eigenvalue weighted by Gasteiger charge is 2.46. The lowest BCUT2D eigenvalue weighted by Crippen LogP contribution is -2.47. The van der Waals surface area contributed by atoms with Crippen molar-refractivity contribution >= 4 is 5.69 Å². The Kier molecular flexibility index (Phi) is 3.34. The van der Waals surface area contributed by atoms with Crippen LogP contribution in [-0.2, 0) is 5.41 Å². The maximum atomic E-state index is 9.53. The second-order valence-electron chi connectivity index (χ2n) is 5.50. The molecule has 2 aromatic rings. The standard InChI is InChI=1S/C18H15N3/c19-12-14-6-8-16(9-7-14)21-17-10-18(11-17,13-20)15-4-2-1-3-5-15/h1-9,17,21H,10-11H2. The summed E-state index contributed by atoms with van der Waals surface area (Å²) in [5.41, 5.74) is 2.40. The number of nitriles is 2. The molecule has 3 heteroatoms. The van der Waals surface area contributed by atoms with Crippen LogP contribution in [0.1, 0.15) is 24.0 Å². The molecule has 2 aromatic carbocycles. The van der Waals surface area contributed by atoms with E-state index in [2.05, 4.69) is 17.5 Å². The Balaban J connectivity index is 1.67. The second kappa shape index (κ2) is 5.31. The van der Waals surface area contributed by atoms with E-state index < -0.39 is 0 Å². The van der Waals surface area contributed by atoms with Gasteiger partial charge in [-0.2, -0.15) is 10.5 Å². The van der Waals surface area contributed by atoms with Crippen LogP contribution in [0.3, 0.4) is 0 Å². The summed E-state index contributed by atoms with van der Waals surface area (Å²) >= 11 is 0. The Labute approximate surface area is 124 Å². The molecule has 1 N–H and O–H groups in total. The molecule has 0 spiro atoms. The molecule has 1 fully saturated rings. The van der Waals surface area contributed by atoms with Crippen molar-refractivity contribution < 1.29 is 0 Å². The molecule has 3 rings (SSSR count). The molecule has 0 bridgehead atoms. The van der Waals surface area contributed by atoms with Gasteiger partial charge in [-0.15, -0.1) is 0 Å². The van der Waals surface area contributed by atoms with Gasteiger partial charge < -0.3 is 5.32 Å². The Morgan fingerprint density at radius 2 is 1.62 bits per heavy atom. The molecular formula is C18H15N3. The predicted molar refractivity (Wildman–Crippen MR) is 81.5 cm³/mol. The normalized spacial score (nSPS) is 23.4. The van der Waals surface area contributed by atoms with Crippen LogP contribution in [0.2, 0.25) is 0 Å². The first-order valence-electron chi connectivity index (χ1n) is 6.99. The van der Waals surface area contributed by atoms with Crippen molar-refractivity contribution in [3.05, 3.63) is 65.7 Å². The molecule has 21 heavy (non-hydrogen) atoms. The highest BCUT2D eigenvalue weighted by molar-refractivity contribution is 5.50. The van der Waals surface area contributed by atoms with Gasteiger partial charge in [0.2, 0.25) is 0 Å². The molecule has 0 aromatic heterocycles. The van der Waals surface area contributed by atoms with E-state index in [0.717, 1.165) is 24.1 Å². The van der Waals surface area contributed by atoms with Crippen LogP contribution < -0.4 is 5.32 Å². The largest absolute Gasteiger partial charge is 0.382 e. The zero-order chi connectivity index (χ0) is 14.7. The van der Waals surface area contributed by atoms with Crippen LogP contribution in [0, 0.1) is 22.7 Å². The minimum absolute atomic E-state index is 0.304. The van der Waals surface area contributed by atoms with Gasteiger partial charge in [0.25, 0.3) is 0 Å². The molecule has 0 amide bonds. The van der Waals surface area contributed by atoms with E-state index >= 15 is 0 Å². The van der Waals surface area contributed by atoms with E-state index in [0.29, 0.717) is 11.6 Å². The monoisotopic (exact) mass is 273 g/mol. The van der Waals surface area contributed by atoms with Crippen LogP contribution in [0.5, 0.6) is 0 Å². The summed E-state index contributed by atoms with van der Waals surface area (Å²) in [5, 5.41) is 21.7. The molecule has 0 saturated heterocycles. The molecule has 0 heterocycles. The van der Waals surface area contributed by atoms with Gasteiger partial charge >= 0.3 is 0 Å². The SMILES string of the molecule is N#Cc1ccc(NC2CC(C#N)(c3ccccc3)C2)cc1. The van der Waals surface area contributed by atoms with Crippen molar-refractivity contribution in [3.63, 3.8) is 0 Å². The van der Waals surface area contributed by atoms with Crippen molar-refractivity contribution in [2.24, 2.45) is 0 Å². The van der Waals surface area contributed by atoms with Crippen molar-refractivity contribution in [2.45, 2.75) is 24.3 Å². The van der Waals surface area contributed by atoms with E-state index in [1.54, 1.807) is 12.1 Å². The summed E-state index contributed by atoms with van der Waals surface area (Å²) in [4.78, 5) is 0. The number of benzene rings is 2. The molecule has 0 radical (unpaired) electrons. The van der Waals surface area contributed by atoms with E-state index in [1.165, 1.54) is 0 Å². The minimum Gasteiger partial charge on any atom is -0.382 e. The molecule has 3 nitrogen and oxygen atoms in total. The first-order chi connectivity index (χ1) is 10.3. The first kappa shape index (κ1) is 13.2.